The van der Waals surface area contributed by atoms with Crippen molar-refractivity contribution in [3.8, 4) is 11.6 Å². The summed E-state index contributed by atoms with van der Waals surface area (Å²) in [6, 6.07) is 11.3. The lowest BCUT2D eigenvalue weighted by Gasteiger charge is -2.40. The Bertz CT molecular complexity index is 1380. The van der Waals surface area contributed by atoms with E-state index in [1.54, 1.807) is 25.6 Å². The average Bonchev–Trinajstić information content (AvgIpc) is 2.91. The van der Waals surface area contributed by atoms with Gasteiger partial charge >= 0.3 is 6.09 Å². The normalized spacial score (nSPS) is 15.7. The molecule has 1 fully saturated rings. The summed E-state index contributed by atoms with van der Waals surface area (Å²) < 4.78 is 17.3. The Hall–Kier alpha value is -2.40. The number of methoxy groups -OCH3 is 1. The molecular formula is C29H33BrCl2N4O4S. The van der Waals surface area contributed by atoms with E-state index in [4.69, 9.17) is 37.4 Å². The lowest BCUT2D eigenvalue weighted by Crippen LogP contribution is -2.54. The number of hydrogen-bond donors (Lipinski definition) is 1. The molecule has 220 valence electrons. The number of benzene rings is 2. The van der Waals surface area contributed by atoms with Crippen molar-refractivity contribution in [1.82, 2.24) is 15.3 Å². The fraction of sp³-hybridized carbons (Fsp3) is 0.414. The number of aromatic nitrogens is 2. The van der Waals surface area contributed by atoms with Gasteiger partial charge in [0.2, 0.25) is 0 Å². The molecule has 0 saturated carbocycles. The summed E-state index contributed by atoms with van der Waals surface area (Å²) in [6.07, 6.45) is 4.27. The van der Waals surface area contributed by atoms with Gasteiger partial charge in [-0.15, -0.1) is 0 Å². The Balaban J connectivity index is 1.46. The van der Waals surface area contributed by atoms with Crippen LogP contribution in [0.5, 0.6) is 11.6 Å². The van der Waals surface area contributed by atoms with Crippen LogP contribution in [0.2, 0.25) is 10.0 Å². The van der Waals surface area contributed by atoms with Crippen molar-refractivity contribution in [2.24, 2.45) is 0 Å². The molecule has 1 aromatic heterocycles. The van der Waals surface area contributed by atoms with Crippen molar-refractivity contribution >= 4 is 62.8 Å². The minimum atomic E-state index is -0.551. The predicted octanol–water partition coefficient (Wildman–Crippen LogP) is 8.30. The van der Waals surface area contributed by atoms with Crippen LogP contribution < -0.4 is 19.7 Å². The monoisotopic (exact) mass is 682 g/mol. The van der Waals surface area contributed by atoms with Gasteiger partial charge in [-0.1, -0.05) is 47.1 Å². The minimum Gasteiger partial charge on any atom is -0.496 e. The number of piperidine rings is 1. The molecular weight excluding hydrogens is 651 g/mol. The van der Waals surface area contributed by atoms with E-state index < -0.39 is 16.7 Å². The van der Waals surface area contributed by atoms with Crippen LogP contribution >= 0.6 is 50.9 Å². The lowest BCUT2D eigenvalue weighted by molar-refractivity contribution is 0.0448. The molecule has 41 heavy (non-hydrogen) atoms. The molecule has 2 heterocycles. The number of carbonyl (C=O) groups is 1. The molecule has 8 nitrogen and oxygen atoms in total. The number of nitrogens with zero attached hydrogens (tertiary/aromatic N) is 3. The predicted molar refractivity (Wildman–Crippen MR) is 167 cm³/mol. The molecule has 1 atom stereocenters. The van der Waals surface area contributed by atoms with Crippen LogP contribution in [-0.2, 0) is 4.74 Å². The Morgan fingerprint density at radius 2 is 1.83 bits per heavy atom. The summed E-state index contributed by atoms with van der Waals surface area (Å²) in [7, 11) is 1.62. The summed E-state index contributed by atoms with van der Waals surface area (Å²) >= 11 is 17.8. The molecule has 1 aliphatic heterocycles. The highest BCUT2D eigenvalue weighted by Gasteiger charge is 2.34. The Morgan fingerprint density at radius 3 is 2.51 bits per heavy atom. The summed E-state index contributed by atoms with van der Waals surface area (Å²) in [5.41, 5.74) is -0.0793. The number of hydrogen-bond acceptors (Lipinski definition) is 8. The first-order chi connectivity index (χ1) is 19.4. The van der Waals surface area contributed by atoms with E-state index in [1.165, 1.54) is 11.8 Å². The number of halogens is 3. The van der Waals surface area contributed by atoms with Gasteiger partial charge in [-0.05, 0) is 80.7 Å². The molecule has 1 unspecified atom stereocenters. The Kier molecular flexibility index (Phi) is 10.2. The van der Waals surface area contributed by atoms with Crippen molar-refractivity contribution in [1.29, 1.82) is 0 Å². The molecule has 1 aliphatic rings. The molecule has 0 bridgehead atoms. The van der Waals surface area contributed by atoms with Crippen LogP contribution in [0.3, 0.4) is 0 Å². The quantitative estimate of drug-likeness (QED) is 0.237. The van der Waals surface area contributed by atoms with E-state index >= 15 is 0 Å². The largest absolute Gasteiger partial charge is 0.496 e. The van der Waals surface area contributed by atoms with Gasteiger partial charge in [0, 0.05) is 41.5 Å². The standard InChI is InChI=1S/C29H33BrCl2N4O4S/c1-28(2,3)40-27(37)35-29(4)11-15-36(16-12-29)25-26(34-14-13-33-25)39-24(30)18-9-10-20(38-5)22(17-18)41-21-8-6-7-19(31)23(21)32/h6-10,13-14,17,24H,11-12,15-16H2,1-5H3,(H,35,37). The van der Waals surface area contributed by atoms with Crippen molar-refractivity contribution in [3.05, 3.63) is 64.4 Å². The van der Waals surface area contributed by atoms with E-state index in [9.17, 15) is 4.79 Å². The van der Waals surface area contributed by atoms with Crippen molar-refractivity contribution in [3.63, 3.8) is 0 Å². The fourth-order valence-corrected chi connectivity index (χ4v) is 6.23. The maximum atomic E-state index is 12.4. The minimum absolute atomic E-state index is 0.386. The first kappa shape index (κ1) is 31.5. The maximum absolute atomic E-state index is 12.4. The van der Waals surface area contributed by atoms with Gasteiger partial charge in [0.15, 0.2) is 10.8 Å². The van der Waals surface area contributed by atoms with Gasteiger partial charge in [-0.3, -0.25) is 0 Å². The number of anilines is 1. The van der Waals surface area contributed by atoms with Gasteiger partial charge in [-0.2, -0.15) is 0 Å². The van der Waals surface area contributed by atoms with Crippen molar-refractivity contribution < 1.29 is 19.0 Å². The van der Waals surface area contributed by atoms with Crippen LogP contribution in [0.15, 0.2) is 58.6 Å². The topological polar surface area (TPSA) is 85.8 Å². The molecule has 2 aromatic carbocycles. The second-order valence-corrected chi connectivity index (χ2v) is 13.6. The molecule has 3 aromatic rings. The number of amides is 1. The molecule has 1 saturated heterocycles. The first-order valence-corrected chi connectivity index (χ1v) is 15.5. The third-order valence-electron chi connectivity index (χ3n) is 6.42. The zero-order valence-electron chi connectivity index (χ0n) is 23.5. The highest BCUT2D eigenvalue weighted by Crippen LogP contribution is 2.43. The van der Waals surface area contributed by atoms with Crippen LogP contribution in [0, 0.1) is 0 Å². The second-order valence-electron chi connectivity index (χ2n) is 10.9. The summed E-state index contributed by atoms with van der Waals surface area (Å²) in [5.74, 6) is 1.75. The van der Waals surface area contributed by atoms with Gasteiger partial charge in [-0.25, -0.2) is 14.8 Å². The highest BCUT2D eigenvalue weighted by atomic mass is 79.9. The molecule has 1 N–H and O–H groups in total. The average molecular weight is 684 g/mol. The first-order valence-electron chi connectivity index (χ1n) is 13.0. The van der Waals surface area contributed by atoms with Crippen molar-refractivity contribution in [2.75, 3.05) is 25.1 Å². The van der Waals surface area contributed by atoms with E-state index in [1.807, 2.05) is 58.0 Å². The van der Waals surface area contributed by atoms with E-state index in [2.05, 4.69) is 36.1 Å². The lowest BCUT2D eigenvalue weighted by atomic mass is 9.90. The van der Waals surface area contributed by atoms with E-state index in [0.29, 0.717) is 53.4 Å². The molecule has 12 heteroatoms. The fourth-order valence-electron chi connectivity index (χ4n) is 4.27. The smallest absolute Gasteiger partial charge is 0.408 e. The number of rotatable bonds is 8. The molecule has 0 radical (unpaired) electrons. The summed E-state index contributed by atoms with van der Waals surface area (Å²) in [5, 5.41) is 3.50. The number of carbonyl (C=O) groups excluding carboxylic acids is 1. The zero-order chi connectivity index (χ0) is 29.8. The zero-order valence-corrected chi connectivity index (χ0v) is 27.5. The third-order valence-corrected chi connectivity index (χ3v) is 9.16. The van der Waals surface area contributed by atoms with Crippen LogP contribution in [0.1, 0.15) is 51.1 Å². The second kappa shape index (κ2) is 13.3. The third kappa shape index (κ3) is 8.34. The van der Waals surface area contributed by atoms with E-state index in [0.717, 1.165) is 15.4 Å². The highest BCUT2D eigenvalue weighted by molar-refractivity contribution is 9.09. The molecule has 0 spiro atoms. The summed E-state index contributed by atoms with van der Waals surface area (Å²) in [4.78, 5) is 25.2. The SMILES string of the molecule is COc1ccc(C(Br)Oc2nccnc2N2CCC(C)(NC(=O)OC(C)(C)C)CC2)cc1Sc1cccc(Cl)c1Cl. The maximum Gasteiger partial charge on any atom is 0.408 e. The summed E-state index contributed by atoms with van der Waals surface area (Å²) in [6.45, 7) is 8.92. The molecule has 1 amide bonds. The molecule has 4 rings (SSSR count). The van der Waals surface area contributed by atoms with Crippen LogP contribution in [-0.4, -0.2) is 47.4 Å². The van der Waals surface area contributed by atoms with Gasteiger partial charge in [0.25, 0.3) is 5.88 Å². The van der Waals surface area contributed by atoms with Gasteiger partial charge in [0.05, 0.1) is 22.1 Å². The number of alkyl carbamates (subject to hydrolysis) is 1. The number of nitrogens with one attached hydrogen (secondary N) is 1. The number of alkyl halides is 1. The van der Waals surface area contributed by atoms with Gasteiger partial charge < -0.3 is 24.4 Å². The van der Waals surface area contributed by atoms with E-state index in [-0.39, 0.29) is 5.54 Å². The Labute approximate surface area is 263 Å². The van der Waals surface area contributed by atoms with Crippen molar-refractivity contribution in [2.45, 2.75) is 66.5 Å². The number of ether oxygens (including phenoxy) is 3. The molecule has 0 aliphatic carbocycles. The van der Waals surface area contributed by atoms with Crippen LogP contribution in [0.25, 0.3) is 0 Å². The van der Waals surface area contributed by atoms with Crippen LogP contribution in [0.4, 0.5) is 10.6 Å². The Morgan fingerprint density at radius 1 is 1.12 bits per heavy atom. The van der Waals surface area contributed by atoms with Gasteiger partial charge in [0.1, 0.15) is 11.4 Å².